The topological polar surface area (TPSA) is 109 Å². The van der Waals surface area contributed by atoms with E-state index in [0.717, 1.165) is 26.2 Å². The van der Waals surface area contributed by atoms with Gasteiger partial charge in [0.25, 0.3) is 0 Å². The molecule has 0 bridgehead atoms. The molecule has 2 fully saturated rings. The number of rotatable bonds is 5. The Balaban J connectivity index is 1.54. The third-order valence-corrected chi connectivity index (χ3v) is 6.94. The van der Waals surface area contributed by atoms with Crippen molar-refractivity contribution in [1.29, 1.82) is 0 Å². The molecule has 0 unspecified atom stereocenters. The number of benzene rings is 1. The maximum absolute atomic E-state index is 15.7. The number of likely N-dealkylation sites (N-methyl/N-ethyl adjacent to an activating group) is 1. The molecular weight excluding hydrogens is 497 g/mol. The number of halogens is 2. The summed E-state index contributed by atoms with van der Waals surface area (Å²) >= 11 is 6.13. The van der Waals surface area contributed by atoms with Crippen LogP contribution >= 0.6 is 11.6 Å². The Bertz CT molecular complexity index is 1260. The second-order valence-corrected chi connectivity index (χ2v) is 9.95. The number of ether oxygens (including phenoxy) is 1. The zero-order valence-electron chi connectivity index (χ0n) is 21.2. The summed E-state index contributed by atoms with van der Waals surface area (Å²) < 4.78 is 21.5. The molecule has 4 heterocycles. The number of nitrogens with two attached hydrogens (primary N) is 1. The first-order chi connectivity index (χ1) is 17.8. The van der Waals surface area contributed by atoms with Gasteiger partial charge in [-0.2, -0.15) is 0 Å². The van der Waals surface area contributed by atoms with Crippen LogP contribution in [0.2, 0.25) is 5.15 Å². The lowest BCUT2D eigenvalue weighted by Gasteiger charge is -2.35. The minimum absolute atomic E-state index is 0.0524. The molecule has 0 aliphatic carbocycles. The Hall–Kier alpha value is -3.28. The Kier molecular flexibility index (Phi) is 7.27. The van der Waals surface area contributed by atoms with Crippen LogP contribution in [0.4, 0.5) is 33.2 Å². The van der Waals surface area contributed by atoms with Gasteiger partial charge in [0.2, 0.25) is 5.95 Å². The molecular formula is C25H31ClFN9O. The van der Waals surface area contributed by atoms with Crippen LogP contribution in [0.25, 0.3) is 11.3 Å². The van der Waals surface area contributed by atoms with Crippen molar-refractivity contribution in [2.75, 3.05) is 67.2 Å². The van der Waals surface area contributed by atoms with Crippen molar-refractivity contribution in [1.82, 2.24) is 24.8 Å². The van der Waals surface area contributed by atoms with Crippen LogP contribution in [-0.2, 0) is 4.74 Å². The van der Waals surface area contributed by atoms with Crippen molar-refractivity contribution in [3.8, 4) is 11.3 Å². The fraction of sp³-hybridized carbons (Fsp3) is 0.440. The number of hydrogen-bond donors (Lipinski definition) is 2. The molecule has 3 aromatic rings. The van der Waals surface area contributed by atoms with Crippen LogP contribution in [0.3, 0.4) is 0 Å². The normalized spacial score (nSPS) is 20.8. The molecule has 2 aliphatic rings. The summed E-state index contributed by atoms with van der Waals surface area (Å²) in [5, 5.41) is 3.41. The van der Waals surface area contributed by atoms with E-state index in [0.29, 0.717) is 47.5 Å². The molecule has 10 nitrogen and oxygen atoms in total. The average molecular weight is 528 g/mol. The van der Waals surface area contributed by atoms with E-state index in [4.69, 9.17) is 27.1 Å². The number of piperazine rings is 1. The first kappa shape index (κ1) is 25.4. The number of nitrogen functional groups attached to an aromatic ring is 1. The smallest absolute Gasteiger partial charge is 0.226 e. The Morgan fingerprint density at radius 2 is 1.78 bits per heavy atom. The number of hydrogen-bond acceptors (Lipinski definition) is 10. The van der Waals surface area contributed by atoms with Crippen molar-refractivity contribution >= 4 is 40.4 Å². The van der Waals surface area contributed by atoms with Gasteiger partial charge < -0.3 is 30.5 Å². The zero-order valence-corrected chi connectivity index (χ0v) is 21.9. The van der Waals surface area contributed by atoms with Gasteiger partial charge >= 0.3 is 0 Å². The van der Waals surface area contributed by atoms with Crippen LogP contribution < -0.4 is 20.9 Å². The highest BCUT2D eigenvalue weighted by Gasteiger charge is 2.25. The van der Waals surface area contributed by atoms with E-state index >= 15 is 4.39 Å². The molecule has 196 valence electrons. The summed E-state index contributed by atoms with van der Waals surface area (Å²) in [6, 6.07) is 5.00. The van der Waals surface area contributed by atoms with E-state index in [-0.39, 0.29) is 28.9 Å². The fourth-order valence-corrected chi connectivity index (χ4v) is 4.89. The Morgan fingerprint density at radius 3 is 2.51 bits per heavy atom. The summed E-state index contributed by atoms with van der Waals surface area (Å²) in [6.07, 6.45) is 3.10. The SMILES string of the molecule is C[C@@H]1CN(c2nccc(-c3cc(Nc4ncnc(Cl)c4N)c(N4CCN(C)CC4)cc3F)n2)C[C@H](C)O1. The first-order valence-corrected chi connectivity index (χ1v) is 12.7. The van der Waals surface area contributed by atoms with Crippen LogP contribution in [0.5, 0.6) is 0 Å². The highest BCUT2D eigenvalue weighted by Crippen LogP contribution is 2.37. The monoisotopic (exact) mass is 527 g/mol. The van der Waals surface area contributed by atoms with Gasteiger partial charge in [-0.05, 0) is 39.1 Å². The van der Waals surface area contributed by atoms with Crippen molar-refractivity contribution in [3.05, 3.63) is 41.7 Å². The number of nitrogens with one attached hydrogen (secondary N) is 1. The second kappa shape index (κ2) is 10.6. The molecule has 2 atom stereocenters. The van der Waals surface area contributed by atoms with Crippen molar-refractivity contribution < 1.29 is 9.13 Å². The van der Waals surface area contributed by atoms with Gasteiger partial charge in [-0.1, -0.05) is 11.6 Å². The molecule has 2 aromatic heterocycles. The van der Waals surface area contributed by atoms with E-state index in [1.165, 1.54) is 6.33 Å². The third kappa shape index (κ3) is 5.53. The summed E-state index contributed by atoms with van der Waals surface area (Å²) in [5.74, 6) is 0.525. The Labute approximate surface area is 220 Å². The highest BCUT2D eigenvalue weighted by atomic mass is 35.5. The number of aromatic nitrogens is 4. The molecule has 0 amide bonds. The predicted octanol–water partition coefficient (Wildman–Crippen LogP) is 3.42. The number of morpholine rings is 1. The van der Waals surface area contributed by atoms with Crippen molar-refractivity contribution in [3.63, 3.8) is 0 Å². The van der Waals surface area contributed by atoms with Crippen LogP contribution in [0.1, 0.15) is 13.8 Å². The van der Waals surface area contributed by atoms with Crippen molar-refractivity contribution in [2.45, 2.75) is 26.1 Å². The standard InChI is InChI=1S/C25H31ClFN9O/c1-15-12-36(13-16(2)37-15)25-29-5-4-19(33-25)17-10-20(32-24-22(28)23(26)30-14-31-24)21(11-18(17)27)35-8-6-34(3)7-9-35/h4-5,10-11,14-16H,6-9,12-13,28H2,1-3H3,(H,30,31,32)/t15-,16+. The summed E-state index contributed by atoms with van der Waals surface area (Å²) in [7, 11) is 2.08. The van der Waals surface area contributed by atoms with E-state index in [9.17, 15) is 0 Å². The molecule has 3 N–H and O–H groups in total. The quantitative estimate of drug-likeness (QED) is 0.479. The molecule has 2 aliphatic heterocycles. The van der Waals surface area contributed by atoms with Crippen LogP contribution in [-0.4, -0.2) is 83.4 Å². The molecule has 2 saturated heterocycles. The average Bonchev–Trinajstić information content (AvgIpc) is 2.87. The molecule has 0 saturated carbocycles. The lowest BCUT2D eigenvalue weighted by molar-refractivity contribution is -0.00571. The fourth-order valence-electron chi connectivity index (χ4n) is 4.76. The van der Waals surface area contributed by atoms with Gasteiger partial charge in [-0.3, -0.25) is 0 Å². The van der Waals surface area contributed by atoms with Gasteiger partial charge in [0.05, 0.1) is 29.3 Å². The first-order valence-electron chi connectivity index (χ1n) is 12.3. The zero-order chi connectivity index (χ0) is 26.1. The molecule has 12 heteroatoms. The van der Waals surface area contributed by atoms with Gasteiger partial charge in [-0.25, -0.2) is 24.3 Å². The lowest BCUT2D eigenvalue weighted by Crippen LogP contribution is -2.46. The molecule has 1 aromatic carbocycles. The predicted molar refractivity (Wildman–Crippen MR) is 144 cm³/mol. The Morgan fingerprint density at radius 1 is 1.05 bits per heavy atom. The van der Waals surface area contributed by atoms with Crippen LogP contribution in [0, 0.1) is 5.82 Å². The van der Waals surface area contributed by atoms with E-state index in [1.807, 2.05) is 13.8 Å². The molecule has 0 radical (unpaired) electrons. The minimum atomic E-state index is -0.374. The van der Waals surface area contributed by atoms with Crippen molar-refractivity contribution in [2.24, 2.45) is 0 Å². The second-order valence-electron chi connectivity index (χ2n) is 9.60. The molecule has 37 heavy (non-hydrogen) atoms. The summed E-state index contributed by atoms with van der Waals surface area (Å²) in [4.78, 5) is 23.8. The van der Waals surface area contributed by atoms with E-state index in [1.54, 1.807) is 24.4 Å². The van der Waals surface area contributed by atoms with Gasteiger partial charge in [0.15, 0.2) is 11.0 Å². The van der Waals surface area contributed by atoms with Gasteiger partial charge in [0, 0.05) is 51.0 Å². The largest absolute Gasteiger partial charge is 0.393 e. The van der Waals surface area contributed by atoms with Gasteiger partial charge in [0.1, 0.15) is 17.8 Å². The summed E-state index contributed by atoms with van der Waals surface area (Å²) in [5.41, 5.74) is 8.54. The van der Waals surface area contributed by atoms with E-state index in [2.05, 4.69) is 42.0 Å². The molecule has 5 rings (SSSR count). The third-order valence-electron chi connectivity index (χ3n) is 6.64. The van der Waals surface area contributed by atoms with Crippen LogP contribution in [0.15, 0.2) is 30.7 Å². The molecule has 0 spiro atoms. The minimum Gasteiger partial charge on any atom is -0.393 e. The maximum atomic E-state index is 15.7. The summed E-state index contributed by atoms with van der Waals surface area (Å²) in [6.45, 7) is 8.63. The number of anilines is 5. The lowest BCUT2D eigenvalue weighted by atomic mass is 10.1. The van der Waals surface area contributed by atoms with Gasteiger partial charge in [-0.15, -0.1) is 0 Å². The highest BCUT2D eigenvalue weighted by molar-refractivity contribution is 6.32. The maximum Gasteiger partial charge on any atom is 0.226 e. The van der Waals surface area contributed by atoms with E-state index < -0.39 is 0 Å². The number of nitrogens with zero attached hydrogens (tertiary/aromatic N) is 7.